The summed E-state index contributed by atoms with van der Waals surface area (Å²) in [5, 5.41) is 2.75. The van der Waals surface area contributed by atoms with Crippen LogP contribution in [0.1, 0.15) is 12.8 Å². The van der Waals surface area contributed by atoms with Gasteiger partial charge in [-0.25, -0.2) is 8.42 Å². The highest BCUT2D eigenvalue weighted by molar-refractivity contribution is 7.89. The average Bonchev–Trinajstić information content (AvgIpc) is 3.36. The molecule has 166 valence electrons. The Labute approximate surface area is 187 Å². The molecule has 3 aromatic rings. The number of carbonyl (C=O) groups excluding carboxylic acids is 1. The first-order chi connectivity index (χ1) is 15.5. The van der Waals surface area contributed by atoms with E-state index in [1.54, 1.807) is 36.4 Å². The molecule has 1 aliphatic rings. The van der Waals surface area contributed by atoms with E-state index in [1.807, 2.05) is 30.3 Å². The van der Waals surface area contributed by atoms with E-state index in [1.165, 1.54) is 16.4 Å². The molecule has 1 amide bonds. The Morgan fingerprint density at radius 1 is 0.812 bits per heavy atom. The van der Waals surface area contributed by atoms with E-state index in [-0.39, 0.29) is 17.4 Å². The fraction of sp³-hybridized carbons (Fsp3) is 0.208. The topological polar surface area (TPSA) is 84.9 Å². The molecular weight excluding hydrogens is 428 g/mol. The Kier molecular flexibility index (Phi) is 6.72. The number of rotatable bonds is 8. The third kappa shape index (κ3) is 5.46. The molecule has 0 aromatic heterocycles. The molecule has 32 heavy (non-hydrogen) atoms. The number of ether oxygens (including phenoxy) is 2. The van der Waals surface area contributed by atoms with Gasteiger partial charge in [-0.1, -0.05) is 18.2 Å². The van der Waals surface area contributed by atoms with Crippen molar-refractivity contribution in [1.82, 2.24) is 4.31 Å². The molecule has 0 aliphatic carbocycles. The highest BCUT2D eigenvalue weighted by atomic mass is 32.2. The molecule has 1 fully saturated rings. The second-order valence-corrected chi connectivity index (χ2v) is 9.30. The maximum Gasteiger partial charge on any atom is 0.262 e. The summed E-state index contributed by atoms with van der Waals surface area (Å²) in [6.45, 7) is 0.917. The van der Waals surface area contributed by atoms with Crippen LogP contribution >= 0.6 is 0 Å². The van der Waals surface area contributed by atoms with Crippen molar-refractivity contribution in [1.29, 1.82) is 0 Å². The Morgan fingerprint density at radius 3 is 2.06 bits per heavy atom. The molecule has 0 atom stereocenters. The molecule has 1 aliphatic heterocycles. The van der Waals surface area contributed by atoms with Crippen molar-refractivity contribution >= 4 is 21.6 Å². The molecule has 1 heterocycles. The fourth-order valence-electron chi connectivity index (χ4n) is 3.36. The summed E-state index contributed by atoms with van der Waals surface area (Å²) in [5.41, 5.74) is 0.617. The van der Waals surface area contributed by atoms with Gasteiger partial charge in [0.2, 0.25) is 10.0 Å². The summed E-state index contributed by atoms with van der Waals surface area (Å²) < 4.78 is 37.8. The van der Waals surface area contributed by atoms with Crippen molar-refractivity contribution < 1.29 is 22.7 Å². The van der Waals surface area contributed by atoms with E-state index in [2.05, 4.69) is 5.32 Å². The Hall–Kier alpha value is -3.36. The summed E-state index contributed by atoms with van der Waals surface area (Å²) in [4.78, 5) is 12.4. The molecule has 4 rings (SSSR count). The zero-order chi connectivity index (χ0) is 22.4. The van der Waals surface area contributed by atoms with Gasteiger partial charge in [-0.2, -0.15) is 4.31 Å². The smallest absolute Gasteiger partial charge is 0.262 e. The predicted molar refractivity (Wildman–Crippen MR) is 122 cm³/mol. The van der Waals surface area contributed by atoms with Crippen LogP contribution in [0.25, 0.3) is 0 Å². The van der Waals surface area contributed by atoms with E-state index in [9.17, 15) is 13.2 Å². The molecule has 3 aromatic carbocycles. The van der Waals surface area contributed by atoms with Gasteiger partial charge >= 0.3 is 0 Å². The molecular formula is C24H24N2O5S. The molecule has 0 unspecified atom stereocenters. The Bertz CT molecular complexity index is 1140. The van der Waals surface area contributed by atoms with Gasteiger partial charge in [-0.05, 0) is 73.5 Å². The van der Waals surface area contributed by atoms with E-state index in [0.29, 0.717) is 30.3 Å². The molecule has 0 radical (unpaired) electrons. The number of amides is 1. The number of anilines is 1. The number of sulfonamides is 1. The van der Waals surface area contributed by atoms with Gasteiger partial charge in [0.05, 0.1) is 4.90 Å². The van der Waals surface area contributed by atoms with Crippen LogP contribution in [-0.4, -0.2) is 38.3 Å². The highest BCUT2D eigenvalue weighted by Gasteiger charge is 2.26. The van der Waals surface area contributed by atoms with Gasteiger partial charge in [0, 0.05) is 18.8 Å². The van der Waals surface area contributed by atoms with Crippen LogP contribution in [0, 0.1) is 0 Å². The second-order valence-electron chi connectivity index (χ2n) is 7.36. The predicted octanol–water partition coefficient (Wildman–Crippen LogP) is 4.28. The summed E-state index contributed by atoms with van der Waals surface area (Å²) in [7, 11) is -3.46. The molecule has 1 N–H and O–H groups in total. The van der Waals surface area contributed by atoms with E-state index in [0.717, 1.165) is 18.6 Å². The lowest BCUT2D eigenvalue weighted by molar-refractivity contribution is -0.118. The normalized spacial score (nSPS) is 14.1. The van der Waals surface area contributed by atoms with Crippen LogP contribution in [0.15, 0.2) is 83.8 Å². The largest absolute Gasteiger partial charge is 0.484 e. The third-order valence-electron chi connectivity index (χ3n) is 5.01. The number of para-hydroxylation sites is 1. The van der Waals surface area contributed by atoms with Gasteiger partial charge in [0.25, 0.3) is 5.91 Å². The number of hydrogen-bond donors (Lipinski definition) is 1. The monoisotopic (exact) mass is 452 g/mol. The van der Waals surface area contributed by atoms with Gasteiger partial charge in [0.1, 0.15) is 17.2 Å². The van der Waals surface area contributed by atoms with Crippen molar-refractivity contribution in [2.24, 2.45) is 0 Å². The van der Waals surface area contributed by atoms with Crippen molar-refractivity contribution in [2.75, 3.05) is 25.0 Å². The Morgan fingerprint density at radius 2 is 1.41 bits per heavy atom. The van der Waals surface area contributed by atoms with E-state index >= 15 is 0 Å². The number of hydrogen-bond acceptors (Lipinski definition) is 5. The Balaban J connectivity index is 1.27. The molecule has 7 nitrogen and oxygen atoms in total. The van der Waals surface area contributed by atoms with Gasteiger partial charge in [0.15, 0.2) is 6.61 Å². The van der Waals surface area contributed by atoms with Crippen LogP contribution in [-0.2, 0) is 14.8 Å². The lowest BCUT2D eigenvalue weighted by atomic mass is 10.3. The fourth-order valence-corrected chi connectivity index (χ4v) is 4.88. The molecule has 8 heteroatoms. The molecule has 0 bridgehead atoms. The first-order valence-electron chi connectivity index (χ1n) is 10.4. The van der Waals surface area contributed by atoms with E-state index < -0.39 is 10.0 Å². The minimum Gasteiger partial charge on any atom is -0.484 e. The zero-order valence-corrected chi connectivity index (χ0v) is 18.3. The molecule has 1 saturated heterocycles. The van der Waals surface area contributed by atoms with Crippen LogP contribution < -0.4 is 14.8 Å². The second kappa shape index (κ2) is 9.84. The maximum atomic E-state index is 12.6. The van der Waals surface area contributed by atoms with E-state index in [4.69, 9.17) is 9.47 Å². The SMILES string of the molecule is O=C(COc1ccc(S(=O)(=O)N2CCCC2)cc1)Nc1ccc(Oc2ccccc2)cc1. The molecule has 0 saturated carbocycles. The van der Waals surface area contributed by atoms with Gasteiger partial charge in [-0.3, -0.25) is 4.79 Å². The number of nitrogens with one attached hydrogen (secondary N) is 1. The third-order valence-corrected chi connectivity index (χ3v) is 6.93. The summed E-state index contributed by atoms with van der Waals surface area (Å²) >= 11 is 0. The number of carbonyl (C=O) groups is 1. The first-order valence-corrected chi connectivity index (χ1v) is 11.8. The lowest BCUT2D eigenvalue weighted by Crippen LogP contribution is -2.27. The summed E-state index contributed by atoms with van der Waals surface area (Å²) in [6, 6.07) is 22.6. The maximum absolute atomic E-state index is 12.6. The van der Waals surface area contributed by atoms with Gasteiger partial charge in [-0.15, -0.1) is 0 Å². The average molecular weight is 453 g/mol. The minimum absolute atomic E-state index is 0.194. The van der Waals surface area contributed by atoms with Crippen molar-refractivity contribution in [3.63, 3.8) is 0 Å². The lowest BCUT2D eigenvalue weighted by Gasteiger charge is -2.15. The number of nitrogens with zero attached hydrogens (tertiary/aromatic N) is 1. The van der Waals surface area contributed by atoms with Crippen LogP contribution in [0.5, 0.6) is 17.2 Å². The first kappa shape index (κ1) is 21.9. The van der Waals surface area contributed by atoms with Crippen molar-refractivity contribution in [2.45, 2.75) is 17.7 Å². The van der Waals surface area contributed by atoms with Gasteiger partial charge < -0.3 is 14.8 Å². The van der Waals surface area contributed by atoms with Crippen molar-refractivity contribution in [3.05, 3.63) is 78.9 Å². The molecule has 0 spiro atoms. The van der Waals surface area contributed by atoms with Crippen LogP contribution in [0.3, 0.4) is 0 Å². The summed E-state index contributed by atoms with van der Waals surface area (Å²) in [6.07, 6.45) is 1.77. The quantitative estimate of drug-likeness (QED) is 0.551. The standard InChI is InChI=1S/C24H24N2O5S/c27-24(25-19-8-10-22(11-9-19)31-21-6-2-1-3-7-21)18-30-20-12-14-23(15-13-20)32(28,29)26-16-4-5-17-26/h1-3,6-15H,4-5,16-18H2,(H,25,27). The number of benzene rings is 3. The highest BCUT2D eigenvalue weighted by Crippen LogP contribution is 2.24. The summed E-state index contributed by atoms with van der Waals surface area (Å²) in [5.74, 6) is 1.49. The van der Waals surface area contributed by atoms with Crippen molar-refractivity contribution in [3.8, 4) is 17.2 Å². The van der Waals surface area contributed by atoms with Crippen LogP contribution in [0.4, 0.5) is 5.69 Å². The zero-order valence-electron chi connectivity index (χ0n) is 17.4. The van der Waals surface area contributed by atoms with Crippen LogP contribution in [0.2, 0.25) is 0 Å². The minimum atomic E-state index is -3.46.